The number of fused-ring (bicyclic) bond motifs is 1. The average Bonchev–Trinajstić information content (AvgIpc) is 2.90. The van der Waals surface area contributed by atoms with Gasteiger partial charge >= 0.3 is 0 Å². The van der Waals surface area contributed by atoms with Gasteiger partial charge in [-0.25, -0.2) is 4.39 Å². The predicted octanol–water partition coefficient (Wildman–Crippen LogP) is 4.66. The van der Waals surface area contributed by atoms with Crippen molar-refractivity contribution >= 4 is 0 Å². The summed E-state index contributed by atoms with van der Waals surface area (Å²) in [4.78, 5) is 4.83. The highest BCUT2D eigenvalue weighted by molar-refractivity contribution is 5.45. The van der Waals surface area contributed by atoms with Gasteiger partial charge in [-0.1, -0.05) is 42.2 Å². The van der Waals surface area contributed by atoms with Crippen LogP contribution in [0.4, 0.5) is 4.39 Å². The summed E-state index contributed by atoms with van der Waals surface area (Å²) in [5.41, 5.74) is 3.89. The van der Waals surface area contributed by atoms with Crippen LogP contribution in [0.1, 0.15) is 41.0 Å². The van der Waals surface area contributed by atoms with Crippen molar-refractivity contribution in [2.45, 2.75) is 37.4 Å². The molecule has 0 aliphatic carbocycles. The molecule has 0 unspecified atom stereocenters. The van der Waals surface area contributed by atoms with Crippen LogP contribution in [0.5, 0.6) is 5.75 Å². The second kappa shape index (κ2) is 11.3. The second-order valence-corrected chi connectivity index (χ2v) is 9.72. The Labute approximate surface area is 213 Å². The molecule has 4 nitrogen and oxygen atoms in total. The molecule has 1 N–H and O–H groups in total. The maximum Gasteiger partial charge on any atom is 0.127 e. The highest BCUT2D eigenvalue weighted by atomic mass is 19.1. The van der Waals surface area contributed by atoms with Gasteiger partial charge in [-0.05, 0) is 74.0 Å². The molecule has 0 amide bonds. The van der Waals surface area contributed by atoms with E-state index in [1.165, 1.54) is 5.56 Å². The maximum atomic E-state index is 14.3. The number of benzene rings is 3. The highest BCUT2D eigenvalue weighted by Gasteiger charge is 2.49. The van der Waals surface area contributed by atoms with Gasteiger partial charge in [0.05, 0.1) is 13.7 Å². The fourth-order valence-electron chi connectivity index (χ4n) is 5.63. The number of aliphatic hydroxyl groups excluding tert-OH is 1. The van der Waals surface area contributed by atoms with Crippen LogP contribution < -0.4 is 4.74 Å². The molecule has 2 fully saturated rings. The third kappa shape index (κ3) is 5.32. The molecule has 3 atom stereocenters. The van der Waals surface area contributed by atoms with E-state index in [0.29, 0.717) is 12.6 Å². The monoisotopic (exact) mass is 484 g/mol. The van der Waals surface area contributed by atoms with E-state index in [4.69, 9.17) is 4.74 Å². The van der Waals surface area contributed by atoms with Crippen LogP contribution >= 0.6 is 0 Å². The minimum Gasteiger partial charge on any atom is -0.497 e. The molecular weight excluding hydrogens is 451 g/mol. The van der Waals surface area contributed by atoms with E-state index in [1.54, 1.807) is 19.2 Å². The number of halogens is 1. The number of rotatable bonds is 5. The van der Waals surface area contributed by atoms with Gasteiger partial charge in [0.2, 0.25) is 0 Å². The van der Waals surface area contributed by atoms with E-state index in [1.807, 2.05) is 36.4 Å². The van der Waals surface area contributed by atoms with E-state index in [0.717, 1.165) is 54.9 Å². The van der Waals surface area contributed by atoms with E-state index in [2.05, 4.69) is 45.9 Å². The van der Waals surface area contributed by atoms with Crippen LogP contribution in [-0.2, 0) is 6.54 Å². The Hall–Kier alpha value is -3.17. The second-order valence-electron chi connectivity index (χ2n) is 9.72. The predicted molar refractivity (Wildman–Crippen MR) is 140 cm³/mol. The van der Waals surface area contributed by atoms with E-state index in [-0.39, 0.29) is 24.4 Å². The zero-order chi connectivity index (χ0) is 24.9. The minimum atomic E-state index is -0.138. The Bertz CT molecular complexity index is 1220. The summed E-state index contributed by atoms with van der Waals surface area (Å²) in [6.07, 6.45) is 2.18. The Balaban J connectivity index is 1.31. The summed E-state index contributed by atoms with van der Waals surface area (Å²) in [5, 5.41) is 10.2. The molecule has 2 aliphatic rings. The van der Waals surface area contributed by atoms with Gasteiger partial charge in [-0.15, -0.1) is 0 Å². The fourth-order valence-corrected chi connectivity index (χ4v) is 5.63. The zero-order valence-electron chi connectivity index (χ0n) is 20.7. The molecule has 2 saturated heterocycles. The first kappa shape index (κ1) is 24.5. The van der Waals surface area contributed by atoms with Gasteiger partial charge in [0.1, 0.15) is 11.6 Å². The van der Waals surface area contributed by atoms with Crippen molar-refractivity contribution in [1.29, 1.82) is 0 Å². The number of ether oxygens (including phenoxy) is 1. The van der Waals surface area contributed by atoms with Crippen LogP contribution in [0.15, 0.2) is 72.8 Å². The van der Waals surface area contributed by atoms with Crippen LogP contribution in [-0.4, -0.2) is 60.3 Å². The lowest BCUT2D eigenvalue weighted by molar-refractivity contribution is -0.0656. The van der Waals surface area contributed by atoms with Crippen LogP contribution in [0.2, 0.25) is 0 Å². The Morgan fingerprint density at radius 1 is 0.917 bits per heavy atom. The number of methoxy groups -OCH3 is 1. The lowest BCUT2D eigenvalue weighted by Crippen LogP contribution is -2.67. The molecule has 0 spiro atoms. The van der Waals surface area contributed by atoms with E-state index < -0.39 is 0 Å². The highest BCUT2D eigenvalue weighted by Crippen LogP contribution is 2.42. The van der Waals surface area contributed by atoms with Crippen LogP contribution in [0, 0.1) is 17.7 Å². The number of nitrogens with zero attached hydrogens (tertiary/aromatic N) is 2. The van der Waals surface area contributed by atoms with Crippen molar-refractivity contribution in [2.75, 3.05) is 33.4 Å². The van der Waals surface area contributed by atoms with Gasteiger partial charge in [-0.2, -0.15) is 0 Å². The molecule has 3 aromatic rings. The summed E-state index contributed by atoms with van der Waals surface area (Å²) >= 11 is 0. The average molecular weight is 485 g/mol. The third-order valence-corrected chi connectivity index (χ3v) is 7.54. The van der Waals surface area contributed by atoms with Crippen molar-refractivity contribution in [3.63, 3.8) is 0 Å². The molecule has 0 radical (unpaired) electrons. The minimum absolute atomic E-state index is 0.125. The number of hydrogen-bond donors (Lipinski definition) is 1. The smallest absolute Gasteiger partial charge is 0.127 e. The van der Waals surface area contributed by atoms with E-state index >= 15 is 0 Å². The summed E-state index contributed by atoms with van der Waals surface area (Å²) in [6.45, 7) is 3.61. The van der Waals surface area contributed by atoms with Crippen LogP contribution in [0.25, 0.3) is 0 Å². The van der Waals surface area contributed by atoms with Gasteiger partial charge in [-0.3, -0.25) is 9.80 Å². The Morgan fingerprint density at radius 2 is 1.58 bits per heavy atom. The lowest BCUT2D eigenvalue weighted by Gasteiger charge is -2.57. The van der Waals surface area contributed by atoms with Crippen molar-refractivity contribution < 1.29 is 14.2 Å². The van der Waals surface area contributed by atoms with Crippen molar-refractivity contribution in [3.05, 3.63) is 101 Å². The van der Waals surface area contributed by atoms with Crippen molar-refractivity contribution in [2.24, 2.45) is 0 Å². The molecule has 3 aromatic carbocycles. The normalized spacial score (nSPS) is 22.4. The molecule has 2 aliphatic heterocycles. The summed E-state index contributed by atoms with van der Waals surface area (Å²) in [7, 11) is 1.65. The Kier molecular flexibility index (Phi) is 7.67. The van der Waals surface area contributed by atoms with Gasteiger partial charge in [0.25, 0.3) is 0 Å². The summed E-state index contributed by atoms with van der Waals surface area (Å²) in [5.74, 6) is 7.39. The summed E-state index contributed by atoms with van der Waals surface area (Å²) < 4.78 is 19.5. The topological polar surface area (TPSA) is 35.9 Å². The van der Waals surface area contributed by atoms with Crippen molar-refractivity contribution in [1.82, 2.24) is 9.80 Å². The maximum absolute atomic E-state index is 14.3. The summed E-state index contributed by atoms with van der Waals surface area (Å²) in [6, 6.07) is 23.7. The lowest BCUT2D eigenvalue weighted by atomic mass is 9.74. The molecule has 5 rings (SSSR count). The first-order chi connectivity index (χ1) is 17.7. The molecule has 2 heterocycles. The molecule has 186 valence electrons. The fraction of sp³-hybridized carbons (Fsp3) is 0.355. The van der Waals surface area contributed by atoms with Gasteiger partial charge in [0, 0.05) is 47.8 Å². The number of hydrogen-bond acceptors (Lipinski definition) is 4. The van der Waals surface area contributed by atoms with Gasteiger partial charge in [0.15, 0.2) is 0 Å². The first-order valence-electron chi connectivity index (χ1n) is 12.7. The SMILES string of the molecule is COc1ccc(C#Cc2ccc([C@@H]3[C@@H](CO)N4CCCCN(Cc5ccccc5F)C[C@@H]34)cc2)cc1. The molecule has 0 bridgehead atoms. The van der Waals surface area contributed by atoms with Crippen molar-refractivity contribution in [3.8, 4) is 17.6 Å². The molecule has 5 heteroatoms. The van der Waals surface area contributed by atoms with Gasteiger partial charge < -0.3 is 9.84 Å². The number of aliphatic hydroxyl groups is 1. The molecular formula is C31H33FN2O2. The zero-order valence-corrected chi connectivity index (χ0v) is 20.7. The largest absolute Gasteiger partial charge is 0.497 e. The molecule has 0 saturated carbocycles. The first-order valence-corrected chi connectivity index (χ1v) is 12.7. The van der Waals surface area contributed by atoms with E-state index in [9.17, 15) is 9.50 Å². The van der Waals surface area contributed by atoms with Crippen LogP contribution in [0.3, 0.4) is 0 Å². The molecule has 36 heavy (non-hydrogen) atoms. The third-order valence-electron chi connectivity index (χ3n) is 7.54. The molecule has 0 aromatic heterocycles. The quantitative estimate of drug-likeness (QED) is 0.535. The standard InChI is InChI=1S/C31H33FN2O2/c1-36-27-16-12-24(13-17-27)9-8-23-10-14-25(15-11-23)31-29-21-33(20-26-6-2-3-7-28(26)32)18-4-5-19-34(29)30(31)22-35/h2-3,6-7,10-17,29-31,35H,4-5,18-22H2,1H3/t29-,30+,31-/m0/s1. The Morgan fingerprint density at radius 3 is 2.25 bits per heavy atom.